The van der Waals surface area contributed by atoms with Crippen LogP contribution in [-0.2, 0) is 9.59 Å². The SMILES string of the molecule is O=C(Nc1cccc(SC(C(=O)Nc2ccccc2Cl)c2ccccc2)c1)/C(=C/c1cccs1)NC(=O)c1ccccc1. The third-order valence-corrected chi connectivity index (χ3v) is 8.57. The van der Waals surface area contributed by atoms with E-state index in [-0.39, 0.29) is 11.6 Å². The largest absolute Gasteiger partial charge is 0.323 e. The van der Waals surface area contributed by atoms with Crippen molar-refractivity contribution < 1.29 is 14.4 Å². The number of hydrogen-bond acceptors (Lipinski definition) is 5. The van der Waals surface area contributed by atoms with E-state index >= 15 is 0 Å². The molecule has 1 heterocycles. The third-order valence-electron chi connectivity index (χ3n) is 6.18. The van der Waals surface area contributed by atoms with E-state index in [2.05, 4.69) is 16.0 Å². The Morgan fingerprint density at radius 2 is 1.49 bits per heavy atom. The summed E-state index contributed by atoms with van der Waals surface area (Å²) in [6.45, 7) is 0. The summed E-state index contributed by atoms with van der Waals surface area (Å²) in [5.41, 5.74) is 2.40. The summed E-state index contributed by atoms with van der Waals surface area (Å²) in [4.78, 5) is 41.4. The maximum absolute atomic E-state index is 13.5. The van der Waals surface area contributed by atoms with Gasteiger partial charge in [-0.3, -0.25) is 14.4 Å². The smallest absolute Gasteiger partial charge is 0.272 e. The molecule has 0 spiro atoms. The molecule has 5 aromatic rings. The van der Waals surface area contributed by atoms with Crippen molar-refractivity contribution in [1.29, 1.82) is 0 Å². The number of carbonyl (C=O) groups is 3. The fourth-order valence-corrected chi connectivity index (χ4v) is 6.03. The molecule has 0 radical (unpaired) electrons. The Balaban J connectivity index is 1.36. The number of hydrogen-bond donors (Lipinski definition) is 3. The third kappa shape index (κ3) is 8.23. The molecule has 0 saturated heterocycles. The predicted molar refractivity (Wildman–Crippen MR) is 176 cm³/mol. The van der Waals surface area contributed by atoms with E-state index in [4.69, 9.17) is 11.6 Å². The number of carbonyl (C=O) groups excluding carboxylic acids is 3. The molecule has 214 valence electrons. The van der Waals surface area contributed by atoms with Crippen LogP contribution in [0.15, 0.2) is 137 Å². The zero-order chi connectivity index (χ0) is 30.0. The Labute approximate surface area is 262 Å². The van der Waals surface area contributed by atoms with Crippen molar-refractivity contribution >= 4 is 69.9 Å². The Hall–Kier alpha value is -4.63. The van der Waals surface area contributed by atoms with Gasteiger partial charge in [-0.15, -0.1) is 23.1 Å². The molecular weight excluding hydrogens is 598 g/mol. The Kier molecular flexibility index (Phi) is 10.1. The molecule has 0 fully saturated rings. The van der Waals surface area contributed by atoms with Gasteiger partial charge in [-0.1, -0.05) is 84.4 Å². The molecule has 43 heavy (non-hydrogen) atoms. The average Bonchev–Trinajstić information content (AvgIpc) is 3.55. The second kappa shape index (κ2) is 14.5. The van der Waals surface area contributed by atoms with E-state index in [0.29, 0.717) is 22.0 Å². The second-order valence-corrected chi connectivity index (χ2v) is 11.8. The fraction of sp³-hybridized carbons (Fsp3) is 0.0294. The van der Waals surface area contributed by atoms with E-state index in [9.17, 15) is 14.4 Å². The number of amides is 3. The normalized spacial score (nSPS) is 11.8. The molecule has 9 heteroatoms. The van der Waals surface area contributed by atoms with Gasteiger partial charge in [-0.05, 0) is 65.6 Å². The van der Waals surface area contributed by atoms with Gasteiger partial charge in [0.15, 0.2) is 0 Å². The first-order chi connectivity index (χ1) is 21.0. The minimum atomic E-state index is -0.595. The molecule has 0 aliphatic heterocycles. The van der Waals surface area contributed by atoms with Crippen molar-refractivity contribution in [3.8, 4) is 0 Å². The molecule has 0 aliphatic rings. The van der Waals surface area contributed by atoms with Crippen LogP contribution in [0.25, 0.3) is 6.08 Å². The lowest BCUT2D eigenvalue weighted by atomic mass is 10.1. The van der Waals surface area contributed by atoms with Crippen molar-refractivity contribution in [2.45, 2.75) is 10.1 Å². The highest BCUT2D eigenvalue weighted by Crippen LogP contribution is 2.37. The van der Waals surface area contributed by atoms with Crippen molar-refractivity contribution in [1.82, 2.24) is 5.32 Å². The topological polar surface area (TPSA) is 87.3 Å². The first kappa shape index (κ1) is 29.8. The highest BCUT2D eigenvalue weighted by molar-refractivity contribution is 8.00. The van der Waals surface area contributed by atoms with Crippen molar-refractivity contribution in [2.24, 2.45) is 0 Å². The molecule has 1 atom stereocenters. The standard InChI is InChI=1S/C34H26ClN3O3S2/c35-28-18-7-8-19-29(28)37-34(41)31(23-11-3-1-4-12-23)43-27-16-9-15-25(21-27)36-33(40)30(22-26-17-10-20-42-26)38-32(39)24-13-5-2-6-14-24/h1-22,31H,(H,36,40)(H,37,41)(H,38,39)/b30-22-. The van der Waals surface area contributed by atoms with Gasteiger partial charge < -0.3 is 16.0 Å². The minimum absolute atomic E-state index is 0.107. The molecule has 0 aliphatic carbocycles. The number of rotatable bonds is 10. The van der Waals surface area contributed by atoms with E-state index in [1.165, 1.54) is 23.1 Å². The Morgan fingerprint density at radius 3 is 2.21 bits per heavy atom. The number of anilines is 2. The Morgan fingerprint density at radius 1 is 0.767 bits per heavy atom. The van der Waals surface area contributed by atoms with Crippen LogP contribution >= 0.6 is 34.7 Å². The first-order valence-corrected chi connectivity index (χ1v) is 15.4. The Bertz CT molecular complexity index is 1740. The quantitative estimate of drug-likeness (QED) is 0.108. The van der Waals surface area contributed by atoms with Crippen LogP contribution in [0.2, 0.25) is 5.02 Å². The summed E-state index contributed by atoms with van der Waals surface area (Å²) < 4.78 is 0. The lowest BCUT2D eigenvalue weighted by Gasteiger charge is -2.18. The molecule has 4 aromatic carbocycles. The molecule has 3 N–H and O–H groups in total. The molecule has 6 nitrogen and oxygen atoms in total. The van der Waals surface area contributed by atoms with Crippen molar-refractivity contribution in [3.05, 3.63) is 153 Å². The minimum Gasteiger partial charge on any atom is -0.323 e. The number of thiophene rings is 1. The maximum atomic E-state index is 13.5. The van der Waals surface area contributed by atoms with Gasteiger partial charge in [0.25, 0.3) is 11.8 Å². The highest BCUT2D eigenvalue weighted by Gasteiger charge is 2.23. The lowest BCUT2D eigenvalue weighted by Crippen LogP contribution is -2.30. The summed E-state index contributed by atoms with van der Waals surface area (Å²) in [5, 5.41) is 10.3. The van der Waals surface area contributed by atoms with Crippen LogP contribution < -0.4 is 16.0 Å². The van der Waals surface area contributed by atoms with Gasteiger partial charge in [0.1, 0.15) is 10.9 Å². The van der Waals surface area contributed by atoms with Crippen LogP contribution in [-0.4, -0.2) is 17.7 Å². The summed E-state index contributed by atoms with van der Waals surface area (Å²) in [6.07, 6.45) is 1.64. The number of halogens is 1. The fourth-order valence-electron chi connectivity index (χ4n) is 4.10. The van der Waals surface area contributed by atoms with E-state index in [1.807, 2.05) is 66.0 Å². The summed E-state index contributed by atoms with van der Waals surface area (Å²) in [7, 11) is 0. The van der Waals surface area contributed by atoms with Gasteiger partial charge in [-0.25, -0.2) is 0 Å². The molecule has 5 rings (SSSR count). The van der Waals surface area contributed by atoms with Crippen LogP contribution in [0.1, 0.15) is 26.0 Å². The molecule has 0 saturated carbocycles. The molecular formula is C34H26ClN3O3S2. The average molecular weight is 624 g/mol. The van der Waals surface area contributed by atoms with Crippen LogP contribution in [0.5, 0.6) is 0 Å². The van der Waals surface area contributed by atoms with Crippen LogP contribution in [0.4, 0.5) is 11.4 Å². The number of benzene rings is 4. The first-order valence-electron chi connectivity index (χ1n) is 13.3. The monoisotopic (exact) mass is 623 g/mol. The van der Waals surface area contributed by atoms with Gasteiger partial charge in [0.2, 0.25) is 5.91 Å². The van der Waals surface area contributed by atoms with Gasteiger partial charge >= 0.3 is 0 Å². The van der Waals surface area contributed by atoms with Gasteiger partial charge in [-0.2, -0.15) is 0 Å². The summed E-state index contributed by atoms with van der Waals surface area (Å²) in [5.74, 6) is -1.10. The van der Waals surface area contributed by atoms with E-state index in [0.717, 1.165) is 15.3 Å². The van der Waals surface area contributed by atoms with Crippen molar-refractivity contribution in [2.75, 3.05) is 10.6 Å². The van der Waals surface area contributed by atoms with E-state index in [1.54, 1.807) is 66.7 Å². The summed E-state index contributed by atoms with van der Waals surface area (Å²) in [6, 6.07) is 36.2. The number of para-hydroxylation sites is 1. The molecule has 3 amide bonds. The van der Waals surface area contributed by atoms with Crippen LogP contribution in [0.3, 0.4) is 0 Å². The summed E-state index contributed by atoms with van der Waals surface area (Å²) >= 11 is 9.09. The predicted octanol–water partition coefficient (Wildman–Crippen LogP) is 8.28. The van der Waals surface area contributed by atoms with Crippen molar-refractivity contribution in [3.63, 3.8) is 0 Å². The lowest BCUT2D eigenvalue weighted by molar-refractivity contribution is -0.116. The zero-order valence-corrected chi connectivity index (χ0v) is 25.1. The van der Waals surface area contributed by atoms with E-state index < -0.39 is 17.1 Å². The highest BCUT2D eigenvalue weighted by atomic mass is 35.5. The number of nitrogens with one attached hydrogen (secondary N) is 3. The van der Waals surface area contributed by atoms with Crippen LogP contribution in [0, 0.1) is 0 Å². The van der Waals surface area contributed by atoms with Gasteiger partial charge in [0, 0.05) is 21.0 Å². The molecule has 1 aromatic heterocycles. The van der Waals surface area contributed by atoms with Gasteiger partial charge in [0.05, 0.1) is 10.7 Å². The molecule has 1 unspecified atom stereocenters. The number of thioether (sulfide) groups is 1. The molecule has 0 bridgehead atoms. The maximum Gasteiger partial charge on any atom is 0.272 e. The zero-order valence-electron chi connectivity index (χ0n) is 22.7. The second-order valence-electron chi connectivity index (χ2n) is 9.25.